The first kappa shape index (κ1) is 20.4. The molecule has 0 unspecified atom stereocenters. The first-order chi connectivity index (χ1) is 13.2. The number of sulfonamides is 1. The van der Waals surface area contributed by atoms with Gasteiger partial charge in [-0.25, -0.2) is 17.2 Å². The van der Waals surface area contributed by atoms with Crippen LogP contribution in [-0.4, -0.2) is 31.7 Å². The molecule has 0 spiro atoms. The third kappa shape index (κ3) is 4.39. The minimum absolute atomic E-state index is 0.126. The normalized spacial score (nSPS) is 20.7. The molecule has 5 nitrogen and oxygen atoms in total. The molecule has 1 saturated heterocycles. The fourth-order valence-corrected chi connectivity index (χ4v) is 5.23. The zero-order valence-corrected chi connectivity index (χ0v) is 16.5. The number of nitrogens with zero attached hydrogens (tertiary/aromatic N) is 1. The lowest BCUT2D eigenvalue weighted by atomic mass is 9.94. The van der Waals surface area contributed by atoms with Crippen LogP contribution in [0.15, 0.2) is 47.4 Å². The lowest BCUT2D eigenvalue weighted by Gasteiger charge is -2.34. The molecule has 0 saturated carbocycles. The highest BCUT2D eigenvalue weighted by Gasteiger charge is 2.32. The maximum atomic E-state index is 14.2. The highest BCUT2D eigenvalue weighted by atomic mass is 32.2. The van der Waals surface area contributed by atoms with Gasteiger partial charge in [0.15, 0.2) is 0 Å². The molecule has 2 atom stereocenters. The summed E-state index contributed by atoms with van der Waals surface area (Å²) in [5.74, 6) is -1.66. The first-order valence-electron chi connectivity index (χ1n) is 9.03. The second kappa shape index (κ2) is 7.97. The van der Waals surface area contributed by atoms with Crippen molar-refractivity contribution in [3.8, 4) is 0 Å². The lowest BCUT2D eigenvalue weighted by molar-refractivity contribution is 0.102. The van der Waals surface area contributed by atoms with Crippen molar-refractivity contribution in [1.29, 1.82) is 0 Å². The summed E-state index contributed by atoms with van der Waals surface area (Å²) in [5, 5.41) is 2.44. The van der Waals surface area contributed by atoms with E-state index >= 15 is 0 Å². The van der Waals surface area contributed by atoms with Crippen molar-refractivity contribution in [1.82, 2.24) is 4.31 Å². The van der Waals surface area contributed by atoms with Crippen molar-refractivity contribution in [2.45, 2.75) is 25.2 Å². The fourth-order valence-electron chi connectivity index (χ4n) is 3.52. The third-order valence-electron chi connectivity index (χ3n) is 4.76. The van der Waals surface area contributed by atoms with E-state index in [0.29, 0.717) is 13.1 Å². The molecule has 1 aliphatic rings. The number of rotatable bonds is 4. The molecule has 2 aromatic rings. The predicted molar refractivity (Wildman–Crippen MR) is 102 cm³/mol. The topological polar surface area (TPSA) is 66.5 Å². The second-order valence-electron chi connectivity index (χ2n) is 7.37. The Kier molecular flexibility index (Phi) is 5.81. The Morgan fingerprint density at radius 2 is 1.64 bits per heavy atom. The molecule has 1 amide bonds. The predicted octanol–water partition coefficient (Wildman–Crippen LogP) is 3.88. The molecule has 3 rings (SSSR count). The van der Waals surface area contributed by atoms with E-state index in [4.69, 9.17) is 0 Å². The largest absolute Gasteiger partial charge is 0.322 e. The van der Waals surface area contributed by atoms with Crippen LogP contribution >= 0.6 is 0 Å². The van der Waals surface area contributed by atoms with Gasteiger partial charge in [-0.2, -0.15) is 4.31 Å². The number of carbonyl (C=O) groups excluding carboxylic acids is 1. The molecule has 1 fully saturated rings. The maximum Gasteiger partial charge on any atom is 0.258 e. The average Bonchev–Trinajstić information content (AvgIpc) is 2.63. The first-order valence-corrected chi connectivity index (χ1v) is 10.5. The van der Waals surface area contributed by atoms with Gasteiger partial charge < -0.3 is 5.32 Å². The zero-order valence-electron chi connectivity index (χ0n) is 15.7. The summed E-state index contributed by atoms with van der Waals surface area (Å²) >= 11 is 0. The van der Waals surface area contributed by atoms with Gasteiger partial charge in [0, 0.05) is 18.8 Å². The van der Waals surface area contributed by atoms with Crippen molar-refractivity contribution in [2.24, 2.45) is 11.8 Å². The standard InChI is InChI=1S/C20H22F2N2O3S/c1-13-9-14(2)12-24(11-13)28(26,27)17-7-8-19(22)18(10-17)20(25)23-16-5-3-15(21)4-6-16/h3-8,10,13-14H,9,11-12H2,1-2H3,(H,23,25)/t13-,14-/m1/s1. The van der Waals surface area contributed by atoms with Crippen molar-refractivity contribution in [3.05, 3.63) is 59.7 Å². The molecular weight excluding hydrogens is 386 g/mol. The molecule has 1 heterocycles. The van der Waals surface area contributed by atoms with E-state index in [1.165, 1.54) is 22.5 Å². The molecule has 1 N–H and O–H groups in total. The smallest absolute Gasteiger partial charge is 0.258 e. The molecule has 8 heteroatoms. The quantitative estimate of drug-likeness (QED) is 0.835. The zero-order chi connectivity index (χ0) is 20.5. The number of benzene rings is 2. The number of halogens is 2. The number of hydrogen-bond acceptors (Lipinski definition) is 3. The van der Waals surface area contributed by atoms with Crippen LogP contribution in [0.2, 0.25) is 0 Å². The van der Waals surface area contributed by atoms with Crippen LogP contribution in [0.25, 0.3) is 0 Å². The van der Waals surface area contributed by atoms with E-state index < -0.39 is 27.6 Å². The molecule has 28 heavy (non-hydrogen) atoms. The van der Waals surface area contributed by atoms with Crippen LogP contribution in [0.1, 0.15) is 30.6 Å². The molecule has 0 aliphatic carbocycles. The molecule has 1 aliphatic heterocycles. The minimum Gasteiger partial charge on any atom is -0.322 e. The summed E-state index contributed by atoms with van der Waals surface area (Å²) in [5.41, 5.74) is -0.110. The Balaban J connectivity index is 1.88. The highest BCUT2D eigenvalue weighted by molar-refractivity contribution is 7.89. The molecule has 2 aromatic carbocycles. The second-order valence-corrected chi connectivity index (χ2v) is 9.31. The Morgan fingerprint density at radius 1 is 1.04 bits per heavy atom. The maximum absolute atomic E-state index is 14.2. The Morgan fingerprint density at radius 3 is 2.25 bits per heavy atom. The van der Waals surface area contributed by atoms with E-state index in [9.17, 15) is 22.0 Å². The van der Waals surface area contributed by atoms with E-state index in [1.54, 1.807) is 0 Å². The van der Waals surface area contributed by atoms with Crippen molar-refractivity contribution in [3.63, 3.8) is 0 Å². The van der Waals surface area contributed by atoms with Gasteiger partial charge in [-0.3, -0.25) is 4.79 Å². The summed E-state index contributed by atoms with van der Waals surface area (Å²) in [6.45, 7) is 4.76. The van der Waals surface area contributed by atoms with Gasteiger partial charge in [-0.05, 0) is 60.7 Å². The summed E-state index contributed by atoms with van der Waals surface area (Å²) in [6, 6.07) is 8.18. The van der Waals surface area contributed by atoms with Gasteiger partial charge in [0.1, 0.15) is 11.6 Å². The third-order valence-corrected chi connectivity index (χ3v) is 6.59. The van der Waals surface area contributed by atoms with Crippen LogP contribution in [0.4, 0.5) is 14.5 Å². The summed E-state index contributed by atoms with van der Waals surface area (Å²) < 4.78 is 54.6. The monoisotopic (exact) mass is 408 g/mol. The van der Waals surface area contributed by atoms with Gasteiger partial charge in [-0.15, -0.1) is 0 Å². The van der Waals surface area contributed by atoms with Crippen molar-refractivity contribution >= 4 is 21.6 Å². The number of nitrogens with one attached hydrogen (secondary N) is 1. The molecule has 0 aromatic heterocycles. The lowest BCUT2D eigenvalue weighted by Crippen LogP contribution is -2.42. The minimum atomic E-state index is -3.84. The summed E-state index contributed by atoms with van der Waals surface area (Å²) in [6.07, 6.45) is 0.945. The van der Waals surface area contributed by atoms with Gasteiger partial charge >= 0.3 is 0 Å². The number of anilines is 1. The number of amides is 1. The van der Waals surface area contributed by atoms with Gasteiger partial charge in [-0.1, -0.05) is 13.8 Å². The number of carbonyl (C=O) groups is 1. The van der Waals surface area contributed by atoms with Crippen molar-refractivity contribution < 1.29 is 22.0 Å². The Hall–Kier alpha value is -2.32. The van der Waals surface area contributed by atoms with E-state index in [1.807, 2.05) is 13.8 Å². The van der Waals surface area contributed by atoms with Gasteiger partial charge in [0.05, 0.1) is 10.5 Å². The average molecular weight is 408 g/mol. The molecule has 150 valence electrons. The highest BCUT2D eigenvalue weighted by Crippen LogP contribution is 2.27. The summed E-state index contributed by atoms with van der Waals surface area (Å²) in [4.78, 5) is 12.3. The number of piperidine rings is 1. The van der Waals surface area contributed by atoms with Crippen LogP contribution in [0.3, 0.4) is 0 Å². The molecule has 0 radical (unpaired) electrons. The molecular formula is C20H22F2N2O3S. The van der Waals surface area contributed by atoms with Crippen LogP contribution in [0.5, 0.6) is 0 Å². The van der Waals surface area contributed by atoms with Crippen LogP contribution in [-0.2, 0) is 10.0 Å². The van der Waals surface area contributed by atoms with Gasteiger partial charge in [0.2, 0.25) is 10.0 Å². The van der Waals surface area contributed by atoms with E-state index in [0.717, 1.165) is 30.7 Å². The van der Waals surface area contributed by atoms with Crippen LogP contribution in [0, 0.1) is 23.5 Å². The van der Waals surface area contributed by atoms with Crippen molar-refractivity contribution in [2.75, 3.05) is 18.4 Å². The van der Waals surface area contributed by atoms with Gasteiger partial charge in [0.25, 0.3) is 5.91 Å². The van der Waals surface area contributed by atoms with E-state index in [2.05, 4.69) is 5.32 Å². The Bertz CT molecular complexity index is 967. The fraction of sp³-hybridized carbons (Fsp3) is 0.350. The Labute approximate surface area is 163 Å². The van der Waals surface area contributed by atoms with Crippen LogP contribution < -0.4 is 5.32 Å². The molecule has 0 bridgehead atoms. The number of hydrogen-bond donors (Lipinski definition) is 1. The SMILES string of the molecule is C[C@@H]1C[C@@H](C)CN(S(=O)(=O)c2ccc(F)c(C(=O)Nc3ccc(F)cc3)c2)C1. The summed E-state index contributed by atoms with van der Waals surface area (Å²) in [7, 11) is -3.84. The van der Waals surface area contributed by atoms with E-state index in [-0.39, 0.29) is 28.0 Å².